The van der Waals surface area contributed by atoms with E-state index in [2.05, 4.69) is 5.32 Å². The summed E-state index contributed by atoms with van der Waals surface area (Å²) in [7, 11) is 4.14. The van der Waals surface area contributed by atoms with Crippen molar-refractivity contribution in [3.8, 4) is 0 Å². The summed E-state index contributed by atoms with van der Waals surface area (Å²) in [6.45, 7) is 0.0843. The van der Waals surface area contributed by atoms with Gasteiger partial charge in [0.15, 0.2) is 5.78 Å². The van der Waals surface area contributed by atoms with E-state index in [0.717, 1.165) is 9.13 Å². The molecule has 1 aromatic heterocycles. The minimum Gasteiger partial charge on any atom is -0.382 e. The van der Waals surface area contributed by atoms with Gasteiger partial charge in [-0.2, -0.15) is 0 Å². The van der Waals surface area contributed by atoms with Gasteiger partial charge in [-0.05, 0) is 40.8 Å². The highest BCUT2D eigenvalue weighted by Crippen LogP contribution is 2.22. The van der Waals surface area contributed by atoms with Gasteiger partial charge in [-0.1, -0.05) is 0 Å². The van der Waals surface area contributed by atoms with Crippen LogP contribution in [0, 0.1) is 9.39 Å². The first-order valence-electron chi connectivity index (χ1n) is 7.90. The molecule has 0 aliphatic rings. The van der Waals surface area contributed by atoms with Crippen LogP contribution in [0.15, 0.2) is 27.8 Å². The SMILES string of the molecule is COCCOCC(=O)c1c(Nc2ccc(I)cc2F)n(C)c(=O)n(C)c1=O. The number of benzene rings is 1. The van der Waals surface area contributed by atoms with Gasteiger partial charge in [0, 0.05) is 24.8 Å². The lowest BCUT2D eigenvalue weighted by molar-refractivity contribution is 0.0575. The monoisotopic (exact) mass is 491 g/mol. The molecule has 0 aliphatic carbocycles. The third kappa shape index (κ3) is 4.82. The highest BCUT2D eigenvalue weighted by molar-refractivity contribution is 14.1. The average Bonchev–Trinajstić information content (AvgIpc) is 2.63. The topological polar surface area (TPSA) is 91.6 Å². The average molecular weight is 491 g/mol. The van der Waals surface area contributed by atoms with Crippen molar-refractivity contribution in [1.82, 2.24) is 9.13 Å². The van der Waals surface area contributed by atoms with Crippen molar-refractivity contribution in [2.24, 2.45) is 14.1 Å². The standard InChI is InChI=1S/C17H19FIN3O5/c1-21-15(20-12-5-4-10(19)8-11(12)18)14(16(24)22(2)17(21)25)13(23)9-27-7-6-26-3/h4-5,8,20H,6-7,9H2,1-3H3. The van der Waals surface area contributed by atoms with Crippen LogP contribution in [-0.4, -0.2) is 41.8 Å². The van der Waals surface area contributed by atoms with Crippen molar-refractivity contribution in [2.75, 3.05) is 32.2 Å². The van der Waals surface area contributed by atoms with Gasteiger partial charge >= 0.3 is 5.69 Å². The maximum Gasteiger partial charge on any atom is 0.332 e. The second-order valence-electron chi connectivity index (χ2n) is 5.65. The Kier molecular flexibility index (Phi) is 7.27. The Labute approximate surface area is 168 Å². The highest BCUT2D eigenvalue weighted by atomic mass is 127. The lowest BCUT2D eigenvalue weighted by atomic mass is 10.2. The Hall–Kier alpha value is -2.05. The Morgan fingerprint density at radius 2 is 1.93 bits per heavy atom. The molecule has 0 unspecified atom stereocenters. The first-order chi connectivity index (χ1) is 12.8. The molecule has 0 atom stereocenters. The van der Waals surface area contributed by atoms with Crippen LogP contribution in [-0.2, 0) is 23.6 Å². The summed E-state index contributed by atoms with van der Waals surface area (Å²) < 4.78 is 26.8. The van der Waals surface area contributed by atoms with Gasteiger partial charge in [0.05, 0.1) is 18.9 Å². The number of hydrogen-bond donors (Lipinski definition) is 1. The first kappa shape index (κ1) is 21.3. The molecule has 27 heavy (non-hydrogen) atoms. The van der Waals surface area contributed by atoms with Crippen LogP contribution in [0.2, 0.25) is 0 Å². The van der Waals surface area contributed by atoms with E-state index in [1.165, 1.54) is 33.3 Å². The van der Waals surface area contributed by atoms with Crippen LogP contribution in [0.25, 0.3) is 0 Å². The Morgan fingerprint density at radius 1 is 1.22 bits per heavy atom. The number of Topliss-reactive ketones (excluding diaryl/α,β-unsaturated/α-hetero) is 1. The number of carbonyl (C=O) groups is 1. The molecule has 0 radical (unpaired) electrons. The molecule has 146 valence electrons. The number of hydrogen-bond acceptors (Lipinski definition) is 6. The van der Waals surface area contributed by atoms with Crippen LogP contribution < -0.4 is 16.6 Å². The molecule has 1 N–H and O–H groups in total. The number of ketones is 1. The molecule has 10 heteroatoms. The number of ether oxygens (including phenoxy) is 2. The molecule has 0 aliphatic heterocycles. The van der Waals surface area contributed by atoms with Gasteiger partial charge in [0.25, 0.3) is 5.56 Å². The van der Waals surface area contributed by atoms with E-state index in [-0.39, 0.29) is 36.9 Å². The van der Waals surface area contributed by atoms with Crippen molar-refractivity contribution in [1.29, 1.82) is 0 Å². The zero-order valence-corrected chi connectivity index (χ0v) is 17.2. The minimum atomic E-state index is -0.785. The summed E-state index contributed by atoms with van der Waals surface area (Å²) in [5.74, 6) is -1.30. The summed E-state index contributed by atoms with van der Waals surface area (Å²) in [5, 5.41) is 2.70. The molecule has 2 rings (SSSR count). The molecule has 0 fully saturated rings. The maximum atomic E-state index is 14.2. The second-order valence-corrected chi connectivity index (χ2v) is 6.89. The summed E-state index contributed by atoms with van der Waals surface area (Å²) in [5.41, 5.74) is -1.68. The van der Waals surface area contributed by atoms with Gasteiger partial charge in [0.1, 0.15) is 23.8 Å². The number of methoxy groups -OCH3 is 1. The highest BCUT2D eigenvalue weighted by Gasteiger charge is 2.23. The number of rotatable bonds is 8. The van der Waals surface area contributed by atoms with Crippen molar-refractivity contribution >= 4 is 39.9 Å². The van der Waals surface area contributed by atoms with Gasteiger partial charge in [-0.3, -0.25) is 18.7 Å². The van der Waals surface area contributed by atoms with E-state index in [1.807, 2.05) is 22.6 Å². The van der Waals surface area contributed by atoms with Crippen LogP contribution in [0.5, 0.6) is 0 Å². The fourth-order valence-corrected chi connectivity index (χ4v) is 2.79. The number of aromatic nitrogens is 2. The van der Waals surface area contributed by atoms with Gasteiger partial charge in [-0.25, -0.2) is 9.18 Å². The second kappa shape index (κ2) is 9.24. The van der Waals surface area contributed by atoms with E-state index < -0.39 is 22.8 Å². The number of nitrogens with zero attached hydrogens (tertiary/aromatic N) is 2. The Morgan fingerprint density at radius 3 is 2.56 bits per heavy atom. The van der Waals surface area contributed by atoms with Crippen molar-refractivity contribution in [3.05, 3.63) is 54.0 Å². The lowest BCUT2D eigenvalue weighted by Gasteiger charge is -2.16. The molecule has 0 spiro atoms. The predicted molar refractivity (Wildman–Crippen MR) is 106 cm³/mol. The summed E-state index contributed by atoms with van der Waals surface area (Å²) in [4.78, 5) is 37.3. The fraction of sp³-hybridized carbons (Fsp3) is 0.353. The smallest absolute Gasteiger partial charge is 0.332 e. The third-order valence-corrected chi connectivity index (χ3v) is 4.46. The number of nitrogens with one attached hydrogen (secondary N) is 1. The van der Waals surface area contributed by atoms with E-state index in [4.69, 9.17) is 9.47 Å². The summed E-state index contributed by atoms with van der Waals surface area (Å²) >= 11 is 1.96. The minimum absolute atomic E-state index is 0.0352. The number of anilines is 2. The lowest BCUT2D eigenvalue weighted by Crippen LogP contribution is -2.42. The van der Waals surface area contributed by atoms with Gasteiger partial charge < -0.3 is 14.8 Å². The van der Waals surface area contributed by atoms with E-state index in [1.54, 1.807) is 6.07 Å². The molecule has 0 amide bonds. The molecule has 8 nitrogen and oxygen atoms in total. The van der Waals surface area contributed by atoms with Crippen molar-refractivity contribution in [3.63, 3.8) is 0 Å². The largest absolute Gasteiger partial charge is 0.382 e. The van der Waals surface area contributed by atoms with Crippen LogP contribution in [0.4, 0.5) is 15.9 Å². The first-order valence-corrected chi connectivity index (χ1v) is 8.97. The van der Waals surface area contributed by atoms with Crippen LogP contribution >= 0.6 is 22.6 Å². The summed E-state index contributed by atoms with van der Waals surface area (Å²) in [6.07, 6.45) is 0. The zero-order chi connectivity index (χ0) is 20.1. The molecule has 0 saturated carbocycles. The summed E-state index contributed by atoms with van der Waals surface area (Å²) in [6, 6.07) is 4.40. The number of halogens is 2. The molecule has 1 heterocycles. The molecule has 2 aromatic rings. The molecular weight excluding hydrogens is 472 g/mol. The third-order valence-electron chi connectivity index (χ3n) is 3.79. The van der Waals surface area contributed by atoms with Gasteiger partial charge in [0.2, 0.25) is 0 Å². The predicted octanol–water partition coefficient (Wildman–Crippen LogP) is 1.42. The Balaban J connectivity index is 2.50. The molecule has 0 saturated heterocycles. The van der Waals surface area contributed by atoms with E-state index in [0.29, 0.717) is 3.57 Å². The molecule has 1 aromatic carbocycles. The van der Waals surface area contributed by atoms with E-state index in [9.17, 15) is 18.8 Å². The van der Waals surface area contributed by atoms with Crippen LogP contribution in [0.3, 0.4) is 0 Å². The normalized spacial score (nSPS) is 10.9. The van der Waals surface area contributed by atoms with Crippen molar-refractivity contribution < 1.29 is 18.7 Å². The molecular formula is C17H19FIN3O5. The van der Waals surface area contributed by atoms with Gasteiger partial charge in [-0.15, -0.1) is 0 Å². The quantitative estimate of drug-likeness (QED) is 0.341. The molecule has 0 bridgehead atoms. The number of carbonyl (C=O) groups excluding carboxylic acids is 1. The van der Waals surface area contributed by atoms with Crippen molar-refractivity contribution in [2.45, 2.75) is 0 Å². The van der Waals surface area contributed by atoms with E-state index >= 15 is 0 Å². The Bertz CT molecular complexity index is 970. The van der Waals surface area contributed by atoms with Crippen LogP contribution in [0.1, 0.15) is 10.4 Å². The maximum absolute atomic E-state index is 14.2. The fourth-order valence-electron chi connectivity index (χ4n) is 2.34. The zero-order valence-electron chi connectivity index (χ0n) is 15.0.